The van der Waals surface area contributed by atoms with Crippen LogP contribution in [-0.2, 0) is 13.6 Å². The summed E-state index contributed by atoms with van der Waals surface area (Å²) in [6, 6.07) is 0. The maximum Gasteiger partial charge on any atom is 0.191 e. The van der Waals surface area contributed by atoms with Crippen LogP contribution in [0.4, 0.5) is 0 Å². The molecule has 0 bridgehead atoms. The van der Waals surface area contributed by atoms with Gasteiger partial charge in [-0.05, 0) is 25.7 Å². The van der Waals surface area contributed by atoms with E-state index in [2.05, 4.69) is 32.6 Å². The quantitative estimate of drug-likeness (QED) is 0.425. The highest BCUT2D eigenvalue weighted by Gasteiger charge is 2.12. The molecule has 1 aromatic heterocycles. The predicted molar refractivity (Wildman–Crippen MR) is 105 cm³/mol. The molecular formula is C16H31IN6. The molecule has 1 aromatic rings. The van der Waals surface area contributed by atoms with Gasteiger partial charge in [0.05, 0.1) is 0 Å². The molecule has 0 aliphatic heterocycles. The molecule has 0 spiro atoms. The Labute approximate surface area is 157 Å². The number of aryl methyl sites for hydroxylation is 1. The van der Waals surface area contributed by atoms with Crippen molar-refractivity contribution in [3.05, 3.63) is 12.2 Å². The van der Waals surface area contributed by atoms with E-state index in [-0.39, 0.29) is 24.0 Å². The van der Waals surface area contributed by atoms with Crippen LogP contribution in [0.15, 0.2) is 11.3 Å². The Morgan fingerprint density at radius 3 is 2.52 bits per heavy atom. The van der Waals surface area contributed by atoms with Gasteiger partial charge < -0.3 is 10.6 Å². The second-order valence-corrected chi connectivity index (χ2v) is 6.09. The summed E-state index contributed by atoms with van der Waals surface area (Å²) in [5, 5.41) is 10.9. The first-order chi connectivity index (χ1) is 10.8. The Morgan fingerprint density at radius 1 is 1.22 bits per heavy atom. The summed E-state index contributed by atoms with van der Waals surface area (Å²) in [6.07, 6.45) is 11.2. The molecule has 7 heteroatoms. The summed E-state index contributed by atoms with van der Waals surface area (Å²) in [5.74, 6) is 2.54. The summed E-state index contributed by atoms with van der Waals surface area (Å²) >= 11 is 0. The van der Waals surface area contributed by atoms with Gasteiger partial charge in [-0.1, -0.05) is 32.1 Å². The first-order valence-electron chi connectivity index (χ1n) is 8.64. The molecule has 6 nitrogen and oxygen atoms in total. The van der Waals surface area contributed by atoms with E-state index in [0.29, 0.717) is 6.54 Å². The summed E-state index contributed by atoms with van der Waals surface area (Å²) in [4.78, 5) is 8.82. The van der Waals surface area contributed by atoms with Crippen LogP contribution in [-0.4, -0.2) is 33.8 Å². The molecule has 2 rings (SSSR count). The molecule has 1 fully saturated rings. The summed E-state index contributed by atoms with van der Waals surface area (Å²) in [6.45, 7) is 4.53. The van der Waals surface area contributed by atoms with Crippen molar-refractivity contribution in [2.75, 3.05) is 13.1 Å². The molecule has 1 saturated carbocycles. The Bertz CT molecular complexity index is 451. The molecule has 0 saturated heterocycles. The number of hydrogen-bond donors (Lipinski definition) is 2. The molecule has 0 radical (unpaired) electrons. The van der Waals surface area contributed by atoms with Gasteiger partial charge in [-0.2, -0.15) is 5.10 Å². The predicted octanol–water partition coefficient (Wildman–Crippen LogP) is 2.85. The van der Waals surface area contributed by atoms with Gasteiger partial charge in [0, 0.05) is 20.1 Å². The number of nitrogens with zero attached hydrogens (tertiary/aromatic N) is 4. The third kappa shape index (κ3) is 7.50. The van der Waals surface area contributed by atoms with Gasteiger partial charge in [0.25, 0.3) is 0 Å². The van der Waals surface area contributed by atoms with Crippen molar-refractivity contribution in [1.29, 1.82) is 0 Å². The van der Waals surface area contributed by atoms with E-state index in [1.54, 1.807) is 11.0 Å². The van der Waals surface area contributed by atoms with E-state index in [9.17, 15) is 0 Å². The van der Waals surface area contributed by atoms with Crippen molar-refractivity contribution in [3.63, 3.8) is 0 Å². The van der Waals surface area contributed by atoms with Crippen molar-refractivity contribution in [1.82, 2.24) is 25.4 Å². The standard InChI is InChI=1S/C16H30N6.HI/c1-3-17-16(19-12-15-20-13-21-22(15)2)18-11-14-9-7-5-4-6-8-10-14;/h13-14H,3-12H2,1-2H3,(H2,17,18,19);1H. The van der Waals surface area contributed by atoms with Crippen molar-refractivity contribution >= 4 is 29.9 Å². The third-order valence-electron chi connectivity index (χ3n) is 4.31. The normalized spacial score (nSPS) is 17.0. The van der Waals surface area contributed by atoms with Crippen LogP contribution in [0.2, 0.25) is 0 Å². The molecule has 2 N–H and O–H groups in total. The Balaban J connectivity index is 0.00000264. The van der Waals surface area contributed by atoms with Gasteiger partial charge in [-0.3, -0.25) is 4.68 Å². The fourth-order valence-electron chi connectivity index (χ4n) is 2.94. The number of aromatic nitrogens is 3. The van der Waals surface area contributed by atoms with E-state index in [4.69, 9.17) is 0 Å². The van der Waals surface area contributed by atoms with Gasteiger partial charge in [0.2, 0.25) is 0 Å². The summed E-state index contributed by atoms with van der Waals surface area (Å²) in [5.41, 5.74) is 0. The first-order valence-corrected chi connectivity index (χ1v) is 8.64. The van der Waals surface area contributed by atoms with E-state index in [1.165, 1.54) is 44.9 Å². The maximum absolute atomic E-state index is 4.61. The third-order valence-corrected chi connectivity index (χ3v) is 4.31. The molecular weight excluding hydrogens is 403 g/mol. The first kappa shape index (κ1) is 20.2. The van der Waals surface area contributed by atoms with Gasteiger partial charge in [0.1, 0.15) is 18.7 Å². The largest absolute Gasteiger partial charge is 0.357 e. The lowest BCUT2D eigenvalue weighted by atomic mass is 9.91. The number of hydrogen-bond acceptors (Lipinski definition) is 3. The van der Waals surface area contributed by atoms with Gasteiger partial charge in [-0.25, -0.2) is 9.98 Å². The minimum atomic E-state index is 0. The van der Waals surface area contributed by atoms with Crippen molar-refractivity contribution in [3.8, 4) is 0 Å². The number of nitrogens with one attached hydrogen (secondary N) is 2. The van der Waals surface area contributed by atoms with E-state index >= 15 is 0 Å². The molecule has 1 aliphatic carbocycles. The average Bonchev–Trinajstić information content (AvgIpc) is 2.88. The molecule has 0 amide bonds. The SMILES string of the molecule is CCNC(=NCc1ncnn1C)NCC1CCCCCCC1.I. The van der Waals surface area contributed by atoms with Crippen molar-refractivity contribution < 1.29 is 0 Å². The van der Waals surface area contributed by atoms with Crippen LogP contribution in [0.25, 0.3) is 0 Å². The molecule has 0 aromatic carbocycles. The molecule has 1 aliphatic rings. The van der Waals surface area contributed by atoms with Crippen LogP contribution in [0.5, 0.6) is 0 Å². The average molecular weight is 434 g/mol. The zero-order valence-corrected chi connectivity index (χ0v) is 16.8. The van der Waals surface area contributed by atoms with E-state index < -0.39 is 0 Å². The highest BCUT2D eigenvalue weighted by atomic mass is 127. The fraction of sp³-hybridized carbons (Fsp3) is 0.812. The van der Waals surface area contributed by atoms with Gasteiger partial charge in [-0.15, -0.1) is 24.0 Å². The topological polar surface area (TPSA) is 67.1 Å². The zero-order valence-electron chi connectivity index (χ0n) is 14.4. The monoisotopic (exact) mass is 434 g/mol. The smallest absolute Gasteiger partial charge is 0.191 e. The van der Waals surface area contributed by atoms with Crippen LogP contribution in [0.3, 0.4) is 0 Å². The van der Waals surface area contributed by atoms with Crippen molar-refractivity contribution in [2.45, 2.75) is 58.4 Å². The van der Waals surface area contributed by atoms with Crippen LogP contribution >= 0.6 is 24.0 Å². The summed E-state index contributed by atoms with van der Waals surface area (Å²) in [7, 11) is 1.90. The second-order valence-electron chi connectivity index (χ2n) is 6.09. The highest BCUT2D eigenvalue weighted by Crippen LogP contribution is 2.21. The molecule has 0 atom stereocenters. The van der Waals surface area contributed by atoms with Crippen LogP contribution in [0.1, 0.15) is 57.7 Å². The Kier molecular flexibility index (Phi) is 10.2. The zero-order chi connectivity index (χ0) is 15.6. The van der Waals surface area contributed by atoms with Crippen LogP contribution < -0.4 is 10.6 Å². The Morgan fingerprint density at radius 2 is 1.91 bits per heavy atom. The van der Waals surface area contributed by atoms with Crippen molar-refractivity contribution in [2.24, 2.45) is 18.0 Å². The molecule has 1 heterocycles. The lowest BCUT2D eigenvalue weighted by Crippen LogP contribution is -2.40. The number of halogens is 1. The highest BCUT2D eigenvalue weighted by molar-refractivity contribution is 14.0. The number of rotatable bonds is 5. The molecule has 23 heavy (non-hydrogen) atoms. The second kappa shape index (κ2) is 11.6. The Hall–Kier alpha value is -0.860. The lowest BCUT2D eigenvalue weighted by molar-refractivity contribution is 0.375. The lowest BCUT2D eigenvalue weighted by Gasteiger charge is -2.21. The number of aliphatic imine (C=N–C) groups is 1. The van der Waals surface area contributed by atoms with Gasteiger partial charge >= 0.3 is 0 Å². The molecule has 0 unspecified atom stereocenters. The van der Waals surface area contributed by atoms with Crippen LogP contribution in [0, 0.1) is 5.92 Å². The minimum Gasteiger partial charge on any atom is -0.357 e. The fourth-order valence-corrected chi connectivity index (χ4v) is 2.94. The number of guanidine groups is 1. The van der Waals surface area contributed by atoms with E-state index in [0.717, 1.165) is 30.8 Å². The summed E-state index contributed by atoms with van der Waals surface area (Å²) < 4.78 is 1.77. The van der Waals surface area contributed by atoms with Gasteiger partial charge in [0.15, 0.2) is 5.96 Å². The maximum atomic E-state index is 4.61. The minimum absolute atomic E-state index is 0. The molecule has 132 valence electrons. The van der Waals surface area contributed by atoms with E-state index in [1.807, 2.05) is 7.05 Å².